The highest BCUT2D eigenvalue weighted by molar-refractivity contribution is 7.54. The molecule has 1 aliphatic heterocycles. The van der Waals surface area contributed by atoms with E-state index in [0.29, 0.717) is 0 Å². The standard InChI is InChI=1S/C7H16N3P/c1-9-5-6-10(2)7(9)8-11(3)4/h5-6H2,1-4H3. The maximum atomic E-state index is 4.57. The van der Waals surface area contributed by atoms with E-state index < -0.39 is 0 Å². The van der Waals surface area contributed by atoms with Crippen LogP contribution in [0.25, 0.3) is 0 Å². The Kier molecular flexibility index (Phi) is 2.72. The van der Waals surface area contributed by atoms with E-state index in [9.17, 15) is 0 Å². The smallest absolute Gasteiger partial charge is 0.199 e. The fourth-order valence-corrected chi connectivity index (χ4v) is 1.79. The third-order valence-corrected chi connectivity index (χ3v) is 2.32. The van der Waals surface area contributed by atoms with Crippen LogP contribution >= 0.6 is 8.07 Å². The minimum Gasteiger partial charge on any atom is -0.344 e. The molecule has 0 unspecified atom stereocenters. The second-order valence-corrected chi connectivity index (χ2v) is 4.98. The van der Waals surface area contributed by atoms with Crippen molar-refractivity contribution in [2.75, 3.05) is 40.5 Å². The molecule has 0 atom stereocenters. The SMILES string of the molecule is CN1CCN(C)C1=NP(C)C. The van der Waals surface area contributed by atoms with Gasteiger partial charge in [0, 0.05) is 35.3 Å². The van der Waals surface area contributed by atoms with Crippen LogP contribution in [0.5, 0.6) is 0 Å². The lowest BCUT2D eigenvalue weighted by Gasteiger charge is -2.16. The summed E-state index contributed by atoms with van der Waals surface area (Å²) in [4.78, 5) is 4.42. The van der Waals surface area contributed by atoms with Crippen LogP contribution in [0, 0.1) is 0 Å². The summed E-state index contributed by atoms with van der Waals surface area (Å²) >= 11 is 0. The van der Waals surface area contributed by atoms with E-state index in [1.807, 2.05) is 0 Å². The Labute approximate surface area is 69.9 Å². The van der Waals surface area contributed by atoms with Crippen LogP contribution in [0.2, 0.25) is 0 Å². The summed E-state index contributed by atoms with van der Waals surface area (Å²) in [6.07, 6.45) is 0. The van der Waals surface area contributed by atoms with E-state index in [4.69, 9.17) is 0 Å². The molecular formula is C7H16N3P. The third kappa shape index (κ3) is 2.06. The maximum Gasteiger partial charge on any atom is 0.199 e. The van der Waals surface area contributed by atoms with Crippen LogP contribution in [0.1, 0.15) is 0 Å². The molecule has 0 aromatic heterocycles. The zero-order chi connectivity index (χ0) is 8.43. The minimum absolute atomic E-state index is 0.160. The first-order valence-corrected chi connectivity index (χ1v) is 5.98. The van der Waals surface area contributed by atoms with Crippen LogP contribution in [0.3, 0.4) is 0 Å². The highest BCUT2D eigenvalue weighted by Gasteiger charge is 2.19. The maximum absolute atomic E-state index is 4.57. The van der Waals surface area contributed by atoms with Gasteiger partial charge in [0.25, 0.3) is 0 Å². The van der Waals surface area contributed by atoms with Gasteiger partial charge in [0.2, 0.25) is 0 Å². The molecular weight excluding hydrogens is 157 g/mol. The minimum atomic E-state index is -0.160. The molecule has 0 amide bonds. The lowest BCUT2D eigenvalue weighted by molar-refractivity contribution is 0.553. The van der Waals surface area contributed by atoms with Gasteiger partial charge in [-0.2, -0.15) is 0 Å². The van der Waals surface area contributed by atoms with Gasteiger partial charge in [0.1, 0.15) is 0 Å². The number of rotatable bonds is 1. The predicted octanol–water partition coefficient (Wildman–Crippen LogP) is 0.876. The molecule has 0 aliphatic carbocycles. The van der Waals surface area contributed by atoms with E-state index in [-0.39, 0.29) is 8.07 Å². The van der Waals surface area contributed by atoms with Crippen LogP contribution in [-0.2, 0) is 0 Å². The molecule has 64 valence electrons. The van der Waals surface area contributed by atoms with Crippen molar-refractivity contribution in [2.45, 2.75) is 0 Å². The molecule has 0 spiro atoms. The number of nitrogens with zero attached hydrogens (tertiary/aromatic N) is 3. The molecule has 0 aromatic rings. The van der Waals surface area contributed by atoms with Crippen LogP contribution in [0.4, 0.5) is 0 Å². The van der Waals surface area contributed by atoms with Gasteiger partial charge in [-0.25, -0.2) is 4.76 Å². The second-order valence-electron chi connectivity index (χ2n) is 3.09. The summed E-state index contributed by atoms with van der Waals surface area (Å²) < 4.78 is 4.57. The van der Waals surface area contributed by atoms with E-state index >= 15 is 0 Å². The van der Waals surface area contributed by atoms with Gasteiger partial charge in [-0.3, -0.25) is 0 Å². The molecule has 11 heavy (non-hydrogen) atoms. The van der Waals surface area contributed by atoms with Gasteiger partial charge in [-0.1, -0.05) is 0 Å². The summed E-state index contributed by atoms with van der Waals surface area (Å²) in [6, 6.07) is 0. The summed E-state index contributed by atoms with van der Waals surface area (Å²) in [5, 5.41) is 0. The van der Waals surface area contributed by atoms with Gasteiger partial charge in [0.15, 0.2) is 5.96 Å². The Balaban J connectivity index is 2.67. The molecule has 1 rings (SSSR count). The number of guanidine groups is 1. The second kappa shape index (κ2) is 3.40. The zero-order valence-electron chi connectivity index (χ0n) is 7.70. The summed E-state index contributed by atoms with van der Waals surface area (Å²) in [7, 11) is 4.04. The average Bonchev–Trinajstić information content (AvgIpc) is 2.18. The average molecular weight is 173 g/mol. The first-order chi connectivity index (χ1) is 5.11. The van der Waals surface area contributed by atoms with E-state index in [1.165, 1.54) is 0 Å². The van der Waals surface area contributed by atoms with E-state index in [1.54, 1.807) is 0 Å². The monoisotopic (exact) mass is 173 g/mol. The molecule has 0 aromatic carbocycles. The predicted molar refractivity (Wildman–Crippen MR) is 51.5 cm³/mol. The molecule has 4 heteroatoms. The van der Waals surface area contributed by atoms with Gasteiger partial charge in [-0.15, -0.1) is 0 Å². The quantitative estimate of drug-likeness (QED) is 0.548. The topological polar surface area (TPSA) is 18.8 Å². The summed E-state index contributed by atoms with van der Waals surface area (Å²) in [5.41, 5.74) is 0. The van der Waals surface area contributed by atoms with Crippen molar-refractivity contribution in [3.8, 4) is 0 Å². The first kappa shape index (κ1) is 8.79. The molecule has 1 fully saturated rings. The molecule has 1 aliphatic rings. The van der Waals surface area contributed by atoms with Crippen molar-refractivity contribution in [3.63, 3.8) is 0 Å². The third-order valence-electron chi connectivity index (χ3n) is 1.74. The highest BCUT2D eigenvalue weighted by Crippen LogP contribution is 2.27. The largest absolute Gasteiger partial charge is 0.344 e. The molecule has 3 nitrogen and oxygen atoms in total. The molecule has 0 saturated carbocycles. The van der Waals surface area contributed by atoms with Crippen molar-refractivity contribution in [1.82, 2.24) is 9.80 Å². The Morgan fingerprint density at radius 3 is 2.00 bits per heavy atom. The van der Waals surface area contributed by atoms with Crippen molar-refractivity contribution >= 4 is 14.0 Å². The van der Waals surface area contributed by atoms with Crippen LogP contribution in [-0.4, -0.2) is 56.3 Å². The number of hydrogen-bond acceptors (Lipinski definition) is 1. The van der Waals surface area contributed by atoms with Crippen molar-refractivity contribution in [2.24, 2.45) is 4.76 Å². The lowest BCUT2D eigenvalue weighted by atomic mass is 10.6. The molecule has 0 N–H and O–H groups in total. The van der Waals surface area contributed by atoms with Gasteiger partial charge >= 0.3 is 0 Å². The van der Waals surface area contributed by atoms with Gasteiger partial charge < -0.3 is 9.80 Å². The zero-order valence-corrected chi connectivity index (χ0v) is 8.60. The number of hydrogen-bond donors (Lipinski definition) is 0. The van der Waals surface area contributed by atoms with Gasteiger partial charge in [0.05, 0.1) is 0 Å². The summed E-state index contributed by atoms with van der Waals surface area (Å²) in [5.74, 6) is 1.15. The molecule has 0 radical (unpaired) electrons. The van der Waals surface area contributed by atoms with E-state index in [2.05, 4.69) is 42.0 Å². The van der Waals surface area contributed by atoms with Gasteiger partial charge in [-0.05, 0) is 13.3 Å². The molecule has 1 heterocycles. The van der Waals surface area contributed by atoms with Crippen molar-refractivity contribution in [1.29, 1.82) is 0 Å². The van der Waals surface area contributed by atoms with Crippen molar-refractivity contribution < 1.29 is 0 Å². The fraction of sp³-hybridized carbons (Fsp3) is 0.857. The Morgan fingerprint density at radius 1 is 1.18 bits per heavy atom. The van der Waals surface area contributed by atoms with Crippen LogP contribution in [0.15, 0.2) is 4.76 Å². The first-order valence-electron chi connectivity index (χ1n) is 3.79. The molecule has 1 saturated heterocycles. The van der Waals surface area contributed by atoms with Crippen molar-refractivity contribution in [3.05, 3.63) is 0 Å². The number of likely N-dealkylation sites (N-methyl/N-ethyl adjacent to an activating group) is 2. The Hall–Kier alpha value is -0.300. The molecule has 0 bridgehead atoms. The Morgan fingerprint density at radius 2 is 1.64 bits per heavy atom. The van der Waals surface area contributed by atoms with E-state index in [0.717, 1.165) is 19.0 Å². The Bertz CT molecular complexity index is 155. The normalized spacial score (nSPS) is 18.5. The lowest BCUT2D eigenvalue weighted by Crippen LogP contribution is -2.27. The fourth-order valence-electron chi connectivity index (χ4n) is 1.12. The van der Waals surface area contributed by atoms with Crippen LogP contribution < -0.4 is 0 Å². The highest BCUT2D eigenvalue weighted by atomic mass is 31.1. The summed E-state index contributed by atoms with van der Waals surface area (Å²) in [6.45, 7) is 6.56.